The number of hydrogen-bond donors (Lipinski definition) is 1. The van der Waals surface area contributed by atoms with Crippen LogP contribution in [0.5, 0.6) is 0 Å². The Bertz CT molecular complexity index is 610. The third-order valence-electron chi connectivity index (χ3n) is 4.93. The minimum atomic E-state index is -3.33. The first-order valence-electron chi connectivity index (χ1n) is 8.52. The molecule has 0 saturated carbocycles. The summed E-state index contributed by atoms with van der Waals surface area (Å²) in [5, 5.41) is 0. The van der Waals surface area contributed by atoms with Crippen LogP contribution in [0.2, 0.25) is 0 Å². The maximum Gasteiger partial charge on any atom is 0.215 e. The molecule has 2 fully saturated rings. The molecule has 2 saturated heterocycles. The first kappa shape index (κ1) is 18.2. The summed E-state index contributed by atoms with van der Waals surface area (Å²) in [7, 11) is -3.33. The summed E-state index contributed by atoms with van der Waals surface area (Å²) in [5.41, 5.74) is 0.767. The SMILES string of the molecule is O=S(=O)(Cc1ccccc1)NCC1(N2CCOCC2)CCSCC1. The minimum Gasteiger partial charge on any atom is -0.379 e. The molecule has 3 rings (SSSR count). The highest BCUT2D eigenvalue weighted by atomic mass is 32.2. The van der Waals surface area contributed by atoms with E-state index in [1.54, 1.807) is 0 Å². The third kappa shape index (κ3) is 4.73. The van der Waals surface area contributed by atoms with Crippen molar-refractivity contribution in [3.8, 4) is 0 Å². The lowest BCUT2D eigenvalue weighted by molar-refractivity contribution is -0.0242. The van der Waals surface area contributed by atoms with Crippen molar-refractivity contribution in [1.29, 1.82) is 0 Å². The predicted molar refractivity (Wildman–Crippen MR) is 98.8 cm³/mol. The predicted octanol–water partition coefficient (Wildman–Crippen LogP) is 1.70. The van der Waals surface area contributed by atoms with Gasteiger partial charge in [0, 0.05) is 25.2 Å². The molecule has 0 aromatic heterocycles. The lowest BCUT2D eigenvalue weighted by atomic mass is 9.89. The van der Waals surface area contributed by atoms with Gasteiger partial charge in [-0.3, -0.25) is 4.90 Å². The first-order chi connectivity index (χ1) is 11.6. The molecule has 0 amide bonds. The van der Waals surface area contributed by atoms with Crippen molar-refractivity contribution in [3.05, 3.63) is 35.9 Å². The van der Waals surface area contributed by atoms with Gasteiger partial charge in [-0.2, -0.15) is 11.8 Å². The van der Waals surface area contributed by atoms with Gasteiger partial charge in [0.25, 0.3) is 0 Å². The lowest BCUT2D eigenvalue weighted by Gasteiger charge is -2.48. The number of morpholine rings is 1. The lowest BCUT2D eigenvalue weighted by Crippen LogP contribution is -2.60. The Labute approximate surface area is 149 Å². The Kier molecular flexibility index (Phi) is 6.21. The molecule has 7 heteroatoms. The van der Waals surface area contributed by atoms with E-state index in [0.29, 0.717) is 6.54 Å². The molecule has 0 spiro atoms. The zero-order chi connectivity index (χ0) is 16.9. The summed E-state index contributed by atoms with van der Waals surface area (Å²) in [4.78, 5) is 2.45. The second-order valence-corrected chi connectivity index (χ2v) is 9.53. The van der Waals surface area contributed by atoms with Crippen molar-refractivity contribution in [1.82, 2.24) is 9.62 Å². The van der Waals surface area contributed by atoms with Crippen LogP contribution in [0.4, 0.5) is 0 Å². The average molecular weight is 371 g/mol. The highest BCUT2D eigenvalue weighted by molar-refractivity contribution is 7.99. The van der Waals surface area contributed by atoms with Crippen LogP contribution in [0.3, 0.4) is 0 Å². The van der Waals surface area contributed by atoms with Crippen LogP contribution in [0.1, 0.15) is 18.4 Å². The fourth-order valence-electron chi connectivity index (χ4n) is 3.48. The standard InChI is InChI=1S/C17H26N2O3S2/c20-24(21,14-16-4-2-1-3-5-16)18-15-17(6-12-23-13-7-17)19-8-10-22-11-9-19/h1-5,18H,6-15H2. The van der Waals surface area contributed by atoms with Crippen LogP contribution in [-0.4, -0.2) is 63.2 Å². The highest BCUT2D eigenvalue weighted by Crippen LogP contribution is 2.33. The number of benzene rings is 1. The van der Waals surface area contributed by atoms with Crippen molar-refractivity contribution in [2.75, 3.05) is 44.4 Å². The molecule has 0 radical (unpaired) electrons. The van der Waals surface area contributed by atoms with Crippen molar-refractivity contribution in [2.24, 2.45) is 0 Å². The van der Waals surface area contributed by atoms with Gasteiger partial charge in [-0.25, -0.2) is 13.1 Å². The molecule has 2 heterocycles. The van der Waals surface area contributed by atoms with E-state index in [-0.39, 0.29) is 11.3 Å². The van der Waals surface area contributed by atoms with E-state index < -0.39 is 10.0 Å². The Hall–Kier alpha value is -0.600. The molecule has 1 aromatic carbocycles. The third-order valence-corrected chi connectivity index (χ3v) is 7.21. The van der Waals surface area contributed by atoms with E-state index in [1.165, 1.54) is 0 Å². The number of ether oxygens (including phenoxy) is 1. The van der Waals surface area contributed by atoms with E-state index in [2.05, 4.69) is 9.62 Å². The molecular formula is C17H26N2O3S2. The van der Waals surface area contributed by atoms with Gasteiger partial charge >= 0.3 is 0 Å². The molecule has 1 N–H and O–H groups in total. The van der Waals surface area contributed by atoms with Gasteiger partial charge in [0.2, 0.25) is 10.0 Å². The van der Waals surface area contributed by atoms with Gasteiger partial charge in [-0.05, 0) is 29.9 Å². The topological polar surface area (TPSA) is 58.6 Å². The molecule has 0 unspecified atom stereocenters. The fraction of sp³-hybridized carbons (Fsp3) is 0.647. The largest absolute Gasteiger partial charge is 0.379 e. The minimum absolute atomic E-state index is 0.0434. The molecule has 5 nitrogen and oxygen atoms in total. The van der Waals surface area contributed by atoms with Crippen LogP contribution in [0.15, 0.2) is 30.3 Å². The van der Waals surface area contributed by atoms with E-state index in [1.807, 2.05) is 42.1 Å². The fourth-order valence-corrected chi connectivity index (χ4v) is 5.96. The van der Waals surface area contributed by atoms with Gasteiger partial charge < -0.3 is 4.74 Å². The number of hydrogen-bond acceptors (Lipinski definition) is 5. The Balaban J connectivity index is 1.66. The van der Waals surface area contributed by atoms with Gasteiger partial charge in [-0.15, -0.1) is 0 Å². The van der Waals surface area contributed by atoms with Crippen molar-refractivity contribution >= 4 is 21.8 Å². The second-order valence-electron chi connectivity index (χ2n) is 6.50. The number of sulfonamides is 1. The van der Waals surface area contributed by atoms with Gasteiger partial charge in [-0.1, -0.05) is 30.3 Å². The zero-order valence-electron chi connectivity index (χ0n) is 13.9. The smallest absolute Gasteiger partial charge is 0.215 e. The summed E-state index contributed by atoms with van der Waals surface area (Å²) in [6.07, 6.45) is 2.07. The van der Waals surface area contributed by atoms with Crippen LogP contribution in [0.25, 0.3) is 0 Å². The summed E-state index contributed by atoms with van der Waals surface area (Å²) in [6.45, 7) is 3.77. The van der Waals surface area contributed by atoms with E-state index >= 15 is 0 Å². The van der Waals surface area contributed by atoms with Crippen molar-refractivity contribution in [2.45, 2.75) is 24.1 Å². The van der Waals surface area contributed by atoms with Gasteiger partial charge in [0.1, 0.15) is 0 Å². The summed E-state index contributed by atoms with van der Waals surface area (Å²) in [5.74, 6) is 2.23. The molecule has 24 heavy (non-hydrogen) atoms. The van der Waals surface area contributed by atoms with E-state index in [9.17, 15) is 8.42 Å². The highest BCUT2D eigenvalue weighted by Gasteiger charge is 2.39. The molecule has 2 aliphatic rings. The molecule has 0 atom stereocenters. The van der Waals surface area contributed by atoms with Gasteiger partial charge in [0.05, 0.1) is 19.0 Å². The number of thioether (sulfide) groups is 1. The van der Waals surface area contributed by atoms with Crippen LogP contribution < -0.4 is 4.72 Å². The average Bonchev–Trinajstić information content (AvgIpc) is 2.62. The van der Waals surface area contributed by atoms with Gasteiger partial charge in [0.15, 0.2) is 0 Å². The Morgan fingerprint density at radius 1 is 1.12 bits per heavy atom. The molecule has 134 valence electrons. The summed E-state index contributed by atoms with van der Waals surface area (Å²) >= 11 is 1.96. The number of rotatable bonds is 6. The molecule has 0 aliphatic carbocycles. The number of nitrogens with one attached hydrogen (secondary N) is 1. The molecule has 2 aliphatic heterocycles. The molecule has 1 aromatic rings. The number of nitrogens with zero attached hydrogens (tertiary/aromatic N) is 1. The maximum atomic E-state index is 12.5. The molecule has 0 bridgehead atoms. The zero-order valence-corrected chi connectivity index (χ0v) is 15.6. The van der Waals surface area contributed by atoms with Crippen LogP contribution in [0, 0.1) is 0 Å². The van der Waals surface area contributed by atoms with E-state index in [0.717, 1.165) is 56.2 Å². The first-order valence-corrected chi connectivity index (χ1v) is 11.3. The maximum absolute atomic E-state index is 12.5. The van der Waals surface area contributed by atoms with Crippen molar-refractivity contribution in [3.63, 3.8) is 0 Å². The summed E-state index contributed by atoms with van der Waals surface area (Å²) < 4.78 is 33.4. The van der Waals surface area contributed by atoms with Crippen LogP contribution >= 0.6 is 11.8 Å². The van der Waals surface area contributed by atoms with Crippen molar-refractivity contribution < 1.29 is 13.2 Å². The monoisotopic (exact) mass is 370 g/mol. The van der Waals surface area contributed by atoms with E-state index in [4.69, 9.17) is 4.74 Å². The normalized spacial score (nSPS) is 22.3. The molecular weight excluding hydrogens is 344 g/mol. The second kappa shape index (κ2) is 8.19. The van der Waals surface area contributed by atoms with Crippen LogP contribution in [-0.2, 0) is 20.5 Å². The Morgan fingerprint density at radius 2 is 1.79 bits per heavy atom. The Morgan fingerprint density at radius 3 is 2.46 bits per heavy atom. The summed E-state index contributed by atoms with van der Waals surface area (Å²) in [6, 6.07) is 9.36. The quantitative estimate of drug-likeness (QED) is 0.826.